The van der Waals surface area contributed by atoms with E-state index in [1.54, 1.807) is 6.20 Å². The van der Waals surface area contributed by atoms with E-state index >= 15 is 0 Å². The van der Waals surface area contributed by atoms with Crippen LogP contribution in [-0.4, -0.2) is 41.4 Å². The van der Waals surface area contributed by atoms with Gasteiger partial charge in [-0.3, -0.25) is 4.68 Å². The van der Waals surface area contributed by atoms with Gasteiger partial charge in [0.1, 0.15) is 0 Å². The third kappa shape index (κ3) is 3.54. The lowest BCUT2D eigenvalue weighted by atomic mass is 9.69. The predicted molar refractivity (Wildman–Crippen MR) is 84.1 cm³/mol. The maximum Gasteiger partial charge on any atom is 0.0821 e. The number of likely N-dealkylation sites (N-methyl/N-ethyl adjacent to an activating group) is 1. The van der Waals surface area contributed by atoms with Gasteiger partial charge in [0.2, 0.25) is 0 Å². The Balaban J connectivity index is 2.24. The van der Waals surface area contributed by atoms with Crippen LogP contribution in [0, 0.1) is 5.41 Å². The average molecular weight is 299 g/mol. The Morgan fingerprint density at radius 1 is 1.50 bits per heavy atom. The zero-order valence-corrected chi connectivity index (χ0v) is 13.8. The van der Waals surface area contributed by atoms with Crippen molar-refractivity contribution in [1.29, 1.82) is 0 Å². The summed E-state index contributed by atoms with van der Waals surface area (Å²) >= 11 is 6.40. The fourth-order valence-corrected chi connectivity index (χ4v) is 3.40. The highest BCUT2D eigenvalue weighted by Gasteiger charge is 2.36. The van der Waals surface area contributed by atoms with Crippen LogP contribution in [0.15, 0.2) is 6.20 Å². The van der Waals surface area contributed by atoms with Crippen LogP contribution in [0.5, 0.6) is 0 Å². The van der Waals surface area contributed by atoms with E-state index in [1.165, 1.54) is 6.42 Å². The molecule has 1 saturated carbocycles. The molecule has 0 aromatic carbocycles. The summed E-state index contributed by atoms with van der Waals surface area (Å²) in [5.74, 6) is 0.316. The Labute approximate surface area is 127 Å². The van der Waals surface area contributed by atoms with Crippen molar-refractivity contribution in [1.82, 2.24) is 14.7 Å². The summed E-state index contributed by atoms with van der Waals surface area (Å²) in [4.78, 5) is 2.16. The molecule has 20 heavy (non-hydrogen) atoms. The molecule has 0 bridgehead atoms. The molecule has 0 aliphatic heterocycles. The molecule has 4 nitrogen and oxygen atoms in total. The Morgan fingerprint density at radius 2 is 2.20 bits per heavy atom. The molecule has 2 N–H and O–H groups in total. The molecule has 5 heteroatoms. The van der Waals surface area contributed by atoms with Crippen molar-refractivity contribution in [2.45, 2.75) is 51.6 Å². The highest BCUT2D eigenvalue weighted by molar-refractivity contribution is 6.31. The first-order chi connectivity index (χ1) is 9.30. The van der Waals surface area contributed by atoms with Crippen LogP contribution >= 0.6 is 11.6 Å². The molecule has 0 amide bonds. The highest BCUT2D eigenvalue weighted by atomic mass is 35.5. The van der Waals surface area contributed by atoms with Crippen LogP contribution in [0.1, 0.15) is 44.7 Å². The van der Waals surface area contributed by atoms with Crippen molar-refractivity contribution in [3.05, 3.63) is 16.9 Å². The van der Waals surface area contributed by atoms with Crippen LogP contribution in [0.2, 0.25) is 5.02 Å². The molecule has 0 radical (unpaired) electrons. The number of hydrogen-bond acceptors (Lipinski definition) is 3. The average Bonchev–Trinajstić information content (AvgIpc) is 2.71. The van der Waals surface area contributed by atoms with Gasteiger partial charge >= 0.3 is 0 Å². The van der Waals surface area contributed by atoms with E-state index in [9.17, 15) is 0 Å². The summed E-state index contributed by atoms with van der Waals surface area (Å²) in [6.45, 7) is 6.45. The van der Waals surface area contributed by atoms with Crippen LogP contribution in [0.4, 0.5) is 0 Å². The van der Waals surface area contributed by atoms with Crippen LogP contribution in [0.25, 0.3) is 0 Å². The summed E-state index contributed by atoms with van der Waals surface area (Å²) < 4.78 is 2.05. The molecular weight excluding hydrogens is 272 g/mol. The van der Waals surface area contributed by atoms with Crippen molar-refractivity contribution >= 4 is 11.6 Å². The molecule has 0 saturated heterocycles. The molecule has 1 aromatic rings. The zero-order valence-electron chi connectivity index (χ0n) is 13.1. The highest BCUT2D eigenvalue weighted by Crippen LogP contribution is 2.44. The van der Waals surface area contributed by atoms with Gasteiger partial charge in [-0.05, 0) is 38.8 Å². The lowest BCUT2D eigenvalue weighted by Gasteiger charge is -2.39. The van der Waals surface area contributed by atoms with E-state index in [2.05, 4.69) is 37.9 Å². The number of halogens is 1. The predicted octanol–water partition coefficient (Wildman–Crippen LogP) is 2.72. The van der Waals surface area contributed by atoms with E-state index in [-0.39, 0.29) is 6.04 Å². The Morgan fingerprint density at radius 3 is 2.85 bits per heavy atom. The van der Waals surface area contributed by atoms with E-state index < -0.39 is 0 Å². The van der Waals surface area contributed by atoms with E-state index in [1.807, 2.05) is 4.68 Å². The maximum absolute atomic E-state index is 6.40. The second-order valence-corrected chi connectivity index (χ2v) is 7.49. The van der Waals surface area contributed by atoms with E-state index in [0.29, 0.717) is 11.3 Å². The van der Waals surface area contributed by atoms with Gasteiger partial charge in [0.05, 0.1) is 23.5 Å². The van der Waals surface area contributed by atoms with Gasteiger partial charge in [-0.15, -0.1) is 0 Å². The second-order valence-electron chi connectivity index (χ2n) is 7.08. The summed E-state index contributed by atoms with van der Waals surface area (Å²) in [7, 11) is 4.14. The molecule has 0 spiro atoms. The minimum atomic E-state index is 0.190. The summed E-state index contributed by atoms with van der Waals surface area (Å²) in [6.07, 6.45) is 5.10. The molecule has 1 aliphatic carbocycles. The van der Waals surface area contributed by atoms with Crippen LogP contribution in [0.3, 0.4) is 0 Å². The van der Waals surface area contributed by atoms with Gasteiger partial charge in [-0.2, -0.15) is 5.10 Å². The maximum atomic E-state index is 6.40. The molecule has 1 aliphatic rings. The van der Waals surface area contributed by atoms with Gasteiger partial charge in [-0.25, -0.2) is 0 Å². The number of aromatic nitrogens is 2. The number of hydrogen-bond donors (Lipinski definition) is 1. The van der Waals surface area contributed by atoms with Crippen molar-refractivity contribution in [3.63, 3.8) is 0 Å². The van der Waals surface area contributed by atoms with Crippen LogP contribution in [-0.2, 0) is 6.54 Å². The van der Waals surface area contributed by atoms with Crippen molar-refractivity contribution < 1.29 is 0 Å². The Bertz CT molecular complexity index is 453. The molecular formula is C15H27ClN4. The van der Waals surface area contributed by atoms with E-state index in [4.69, 9.17) is 17.3 Å². The fraction of sp³-hybridized carbons (Fsp3) is 0.800. The molecule has 2 atom stereocenters. The van der Waals surface area contributed by atoms with Crippen molar-refractivity contribution in [3.8, 4) is 0 Å². The Hall–Kier alpha value is -0.580. The van der Waals surface area contributed by atoms with Gasteiger partial charge < -0.3 is 10.6 Å². The van der Waals surface area contributed by atoms with Gasteiger partial charge in [0, 0.05) is 18.5 Å². The van der Waals surface area contributed by atoms with Crippen molar-refractivity contribution in [2.24, 2.45) is 11.1 Å². The molecule has 1 aromatic heterocycles. The first-order valence-corrected chi connectivity index (χ1v) is 7.79. The van der Waals surface area contributed by atoms with Gasteiger partial charge in [0.25, 0.3) is 0 Å². The number of rotatable bonds is 4. The van der Waals surface area contributed by atoms with Crippen LogP contribution < -0.4 is 5.73 Å². The molecule has 114 valence electrons. The van der Waals surface area contributed by atoms with Gasteiger partial charge in [-0.1, -0.05) is 25.4 Å². The lowest BCUT2D eigenvalue weighted by molar-refractivity contribution is 0.192. The summed E-state index contributed by atoms with van der Waals surface area (Å²) in [6, 6.07) is 0.190. The molecule has 2 unspecified atom stereocenters. The quantitative estimate of drug-likeness (QED) is 0.930. The SMILES string of the molecule is CN(C)CCn1ncc(Cl)c1C1CC(C)(C)CCC1N. The normalized spacial score (nSPS) is 26.1. The molecule has 1 fully saturated rings. The summed E-state index contributed by atoms with van der Waals surface area (Å²) in [5.41, 5.74) is 7.84. The first kappa shape index (κ1) is 15.8. The number of nitrogens with zero attached hydrogens (tertiary/aromatic N) is 3. The Kier molecular flexibility index (Phi) is 4.77. The topological polar surface area (TPSA) is 47.1 Å². The van der Waals surface area contributed by atoms with Crippen molar-refractivity contribution in [2.75, 3.05) is 20.6 Å². The minimum absolute atomic E-state index is 0.190. The third-order valence-corrected chi connectivity index (χ3v) is 4.68. The fourth-order valence-electron chi connectivity index (χ4n) is 3.12. The second kappa shape index (κ2) is 6.04. The molecule has 2 rings (SSSR count). The summed E-state index contributed by atoms with van der Waals surface area (Å²) in [5, 5.41) is 5.21. The number of nitrogens with two attached hydrogens (primary N) is 1. The van der Waals surface area contributed by atoms with Gasteiger partial charge in [0.15, 0.2) is 0 Å². The largest absolute Gasteiger partial charge is 0.327 e. The first-order valence-electron chi connectivity index (χ1n) is 7.42. The smallest absolute Gasteiger partial charge is 0.0821 e. The monoisotopic (exact) mass is 298 g/mol. The molecule has 1 heterocycles. The minimum Gasteiger partial charge on any atom is -0.327 e. The lowest BCUT2D eigenvalue weighted by Crippen LogP contribution is -2.39. The zero-order chi connectivity index (χ0) is 14.9. The van der Waals surface area contributed by atoms with E-state index in [0.717, 1.165) is 36.6 Å². The standard InChI is InChI=1S/C15H27ClN4/c1-15(2)6-5-13(17)11(9-15)14-12(16)10-18-20(14)8-7-19(3)4/h10-11,13H,5-9,17H2,1-4H3. The third-order valence-electron chi connectivity index (χ3n) is 4.39.